The highest BCUT2D eigenvalue weighted by molar-refractivity contribution is 7.98. The maximum Gasteiger partial charge on any atom is 0.326 e. The van der Waals surface area contributed by atoms with E-state index >= 15 is 0 Å². The average Bonchev–Trinajstić information content (AvgIpc) is 1.72. The summed E-state index contributed by atoms with van der Waals surface area (Å²) in [5, 5.41) is 53.2. The van der Waals surface area contributed by atoms with Crippen molar-refractivity contribution < 1.29 is 72.5 Å². The second-order valence-corrected chi connectivity index (χ2v) is 27.4. The van der Waals surface area contributed by atoms with Gasteiger partial charge >= 0.3 is 11.9 Å². The number of H-pyrrole nitrogens is 1. The van der Waals surface area contributed by atoms with Gasteiger partial charge in [-0.05, 0) is 198 Å². The van der Waals surface area contributed by atoms with E-state index in [-0.39, 0.29) is 95.6 Å². The van der Waals surface area contributed by atoms with Gasteiger partial charge in [0.2, 0.25) is 65.0 Å². The van der Waals surface area contributed by atoms with Gasteiger partial charge in [-0.15, -0.1) is 0 Å². The molecule has 0 saturated carbocycles. The largest absolute Gasteiger partial charge is 0.481 e. The molecule has 13 atom stereocenters. The van der Waals surface area contributed by atoms with Crippen LogP contribution in [-0.2, 0) is 68.7 Å². The van der Waals surface area contributed by atoms with E-state index in [0.717, 1.165) is 17.3 Å². The Morgan fingerprint density at radius 1 is 0.505 bits per heavy atom. The molecule has 2 heterocycles. The van der Waals surface area contributed by atoms with Crippen molar-refractivity contribution in [3.63, 3.8) is 0 Å². The Hall–Kier alpha value is -7.67. The van der Waals surface area contributed by atoms with Gasteiger partial charge in [-0.25, -0.2) is 4.79 Å². The molecule has 0 aliphatic carbocycles. The van der Waals surface area contributed by atoms with Gasteiger partial charge in [-0.1, -0.05) is 38.5 Å². The van der Waals surface area contributed by atoms with Crippen LogP contribution in [0.4, 0.5) is 0 Å². The predicted octanol–water partition coefficient (Wildman–Crippen LogP) is -1.86. The van der Waals surface area contributed by atoms with Crippen LogP contribution in [0.1, 0.15) is 161 Å². The number of thiol groups is 1. The van der Waals surface area contributed by atoms with Gasteiger partial charge in [0.05, 0.1) is 6.04 Å². The third-order valence-corrected chi connectivity index (χ3v) is 18.9. The fourth-order valence-electron chi connectivity index (χ4n) is 11.5. The summed E-state index contributed by atoms with van der Waals surface area (Å²) in [5.74, 6) is -11.7. The fourth-order valence-corrected chi connectivity index (χ4v) is 12.2. The Labute approximate surface area is 612 Å². The van der Waals surface area contributed by atoms with Gasteiger partial charge < -0.3 is 108 Å². The smallest absolute Gasteiger partial charge is 0.326 e. The zero-order chi connectivity index (χ0) is 76.4. The molecule has 1 aromatic heterocycles. The topological polar surface area (TPSA) is 553 Å². The number of carboxylic acid groups (broad SMARTS) is 2. The number of nitrogens with one attached hydrogen (secondary N) is 13. The Morgan fingerprint density at radius 3 is 1.31 bits per heavy atom. The Balaban J connectivity index is 1.88. The Kier molecular flexibility index (Phi) is 43.4. The number of aliphatic carboxylic acids is 2. The number of carbonyl (C=O) groups excluding carboxylic acids is 11. The summed E-state index contributed by atoms with van der Waals surface area (Å²) in [6, 6.07) is -7.92. The van der Waals surface area contributed by atoms with E-state index in [4.69, 9.17) is 28.7 Å². The van der Waals surface area contributed by atoms with E-state index in [2.05, 4.69) is 81.4 Å². The molecule has 0 bridgehead atoms. The number of hydrogen-bond donors (Lipinski definition) is 21. The number of aromatic nitrogens is 1. The minimum absolute atomic E-state index is 0.00987. The molecule has 2 aromatic rings. The van der Waals surface area contributed by atoms with Crippen LogP contribution in [0.5, 0.6) is 0 Å². The summed E-state index contributed by atoms with van der Waals surface area (Å²) in [5.41, 5.74) is 30.4. The van der Waals surface area contributed by atoms with Crippen LogP contribution >= 0.6 is 24.4 Å². The standard InChI is InChI=1S/C68H116N18O15S2/c1-5-40(2)56(86-66(98)54(39-102)85-63(95)50(25-12-17-34-73)77-58(90)45-26-18-35-74-45)67(99)83-52(29-36-103-4)65(97)81-49(24-11-16-33-72)62(94)82-51(27-28-55(87)88)64(96)80-48(23-10-15-32-71)61(93)79-47(22-9-14-31-70)60(92)78-46(21-8-13-30-69)59(91)76-41(3)57(89)84-53(68(100)101)37-42-38-75-44-20-7-6-19-43(42)44/h6-7,19-20,38,40-41,45-54,56,74-75,102H,5,8-18,21-37,39,69-73H2,1-4H3,(H,76,91)(H,77,90)(H,78,92)(H,79,93)(H,80,96)(H,81,97)(H,82,94)(H,83,99)(H,84,89)(H,85,95)(H,86,98)(H,87,88)(H,100,101)/t40-,41-,45-,46-,47-,48-,49-,50-,51-,52-,53-,54-,56-/m0/s1. The molecule has 35 heteroatoms. The van der Waals surface area contributed by atoms with Gasteiger partial charge in [-0.2, -0.15) is 24.4 Å². The molecule has 11 amide bonds. The number of thioether (sulfide) groups is 1. The van der Waals surface area contributed by atoms with Crippen molar-refractivity contribution in [2.24, 2.45) is 34.6 Å². The van der Waals surface area contributed by atoms with Gasteiger partial charge in [-0.3, -0.25) is 57.5 Å². The number of aromatic amines is 1. The number of para-hydroxylation sites is 1. The molecule has 3 rings (SSSR count). The third-order valence-electron chi connectivity index (χ3n) is 17.9. The highest BCUT2D eigenvalue weighted by Crippen LogP contribution is 2.20. The zero-order valence-electron chi connectivity index (χ0n) is 60.0. The van der Waals surface area contributed by atoms with E-state index in [9.17, 15) is 72.5 Å². The minimum Gasteiger partial charge on any atom is -0.481 e. The van der Waals surface area contributed by atoms with Crippen LogP contribution < -0.4 is 92.5 Å². The summed E-state index contributed by atoms with van der Waals surface area (Å²) in [6.07, 6.45) is 7.99. The van der Waals surface area contributed by atoms with Crippen LogP contribution in [0, 0.1) is 5.92 Å². The van der Waals surface area contributed by atoms with E-state index in [0.29, 0.717) is 88.6 Å². The zero-order valence-corrected chi connectivity index (χ0v) is 61.8. The average molecular weight is 1490 g/mol. The van der Waals surface area contributed by atoms with Crippen LogP contribution in [-0.4, -0.2) is 222 Å². The maximum absolute atomic E-state index is 14.6. The van der Waals surface area contributed by atoms with E-state index < -0.39 is 162 Å². The molecule has 103 heavy (non-hydrogen) atoms. The van der Waals surface area contributed by atoms with Gasteiger partial charge in [0.25, 0.3) is 0 Å². The summed E-state index contributed by atoms with van der Waals surface area (Å²) < 4.78 is 0. The highest BCUT2D eigenvalue weighted by Gasteiger charge is 2.38. The molecule has 1 aromatic carbocycles. The van der Waals surface area contributed by atoms with Crippen LogP contribution in [0.3, 0.4) is 0 Å². The molecule has 0 radical (unpaired) electrons. The second-order valence-electron chi connectivity index (χ2n) is 26.0. The first kappa shape index (κ1) is 89.5. The van der Waals surface area contributed by atoms with Crippen molar-refractivity contribution in [1.29, 1.82) is 0 Å². The molecule has 1 aliphatic heterocycles. The third kappa shape index (κ3) is 32.5. The van der Waals surface area contributed by atoms with Crippen molar-refractivity contribution >= 4 is 112 Å². The highest BCUT2D eigenvalue weighted by atomic mass is 32.2. The fraction of sp³-hybridized carbons (Fsp3) is 0.691. The molecule has 1 saturated heterocycles. The van der Waals surface area contributed by atoms with Crippen molar-refractivity contribution in [3.05, 3.63) is 36.0 Å². The lowest BCUT2D eigenvalue weighted by Gasteiger charge is -2.29. The van der Waals surface area contributed by atoms with Crippen LogP contribution in [0.15, 0.2) is 30.5 Å². The molecule has 580 valence electrons. The molecule has 25 N–H and O–H groups in total. The molecule has 1 fully saturated rings. The summed E-state index contributed by atoms with van der Waals surface area (Å²) in [6.45, 7) is 6.70. The minimum atomic E-state index is -1.65. The van der Waals surface area contributed by atoms with Crippen molar-refractivity contribution in [1.82, 2.24) is 68.8 Å². The van der Waals surface area contributed by atoms with E-state index in [1.807, 2.05) is 18.2 Å². The quantitative estimate of drug-likeness (QED) is 0.0255. The molecular formula is C68H116N18O15S2. The Morgan fingerprint density at radius 2 is 0.903 bits per heavy atom. The van der Waals surface area contributed by atoms with Crippen molar-refractivity contribution in [2.75, 3.05) is 57.0 Å². The first-order valence-electron chi connectivity index (χ1n) is 36.0. The lowest BCUT2D eigenvalue weighted by molar-refractivity contribution is -0.142. The summed E-state index contributed by atoms with van der Waals surface area (Å²) >= 11 is 5.70. The van der Waals surface area contributed by atoms with Crippen LogP contribution in [0.2, 0.25) is 0 Å². The first-order chi connectivity index (χ1) is 49.3. The summed E-state index contributed by atoms with van der Waals surface area (Å²) in [7, 11) is 0. The first-order valence-corrected chi connectivity index (χ1v) is 38.0. The predicted molar refractivity (Wildman–Crippen MR) is 395 cm³/mol. The maximum atomic E-state index is 14.6. The number of unbranched alkanes of at least 4 members (excludes halogenated alkanes) is 5. The molecule has 1 aliphatic rings. The number of hydrogen-bond acceptors (Lipinski definition) is 21. The lowest BCUT2D eigenvalue weighted by Crippen LogP contribution is -2.61. The van der Waals surface area contributed by atoms with Crippen LogP contribution in [0.25, 0.3) is 10.9 Å². The number of nitrogens with two attached hydrogens (primary N) is 5. The summed E-state index contributed by atoms with van der Waals surface area (Å²) in [4.78, 5) is 183. The van der Waals surface area contributed by atoms with E-state index in [1.54, 1.807) is 32.4 Å². The molecule has 0 spiro atoms. The number of benzene rings is 1. The molecular weight excluding hydrogens is 1370 g/mol. The monoisotopic (exact) mass is 1490 g/mol. The Bertz CT molecular complexity index is 3040. The van der Waals surface area contributed by atoms with E-state index in [1.165, 1.54) is 18.7 Å². The number of rotatable bonds is 54. The number of amides is 11. The van der Waals surface area contributed by atoms with Gasteiger partial charge in [0.15, 0.2) is 0 Å². The normalized spacial score (nSPS) is 16.2. The molecule has 33 nitrogen and oxygen atoms in total. The van der Waals surface area contributed by atoms with Crippen molar-refractivity contribution in [2.45, 2.75) is 235 Å². The van der Waals surface area contributed by atoms with Gasteiger partial charge in [0.1, 0.15) is 66.5 Å². The SMILES string of the molecule is CC[C@H](C)[C@H](NC(=O)[C@H](CS)NC(=O)[C@H](CCCCN)NC(=O)[C@@H]1CCCN1)C(=O)N[C@@H](CCSC)C(=O)N[C@@H](CCCCN)C(=O)N[C@@H](CCC(=O)O)C(=O)N[C@@H](CCCCN)C(=O)N[C@@H](CCCCN)C(=O)N[C@@H](CCCCN)C(=O)N[C@@H](C)C(=O)N[C@@H](Cc1c[nH]c2ccccc12)C(=O)O. The second kappa shape index (κ2) is 49.9. The molecule has 0 unspecified atom stereocenters. The number of carbonyl (C=O) groups is 13. The number of carboxylic acids is 2. The number of fused-ring (bicyclic) bond motifs is 1. The lowest BCUT2D eigenvalue weighted by atomic mass is 9.97. The van der Waals surface area contributed by atoms with Crippen molar-refractivity contribution in [3.8, 4) is 0 Å². The van der Waals surface area contributed by atoms with Gasteiger partial charge in [0, 0.05) is 35.7 Å².